The minimum absolute atomic E-state index is 0.00865. The van der Waals surface area contributed by atoms with Crippen molar-refractivity contribution in [2.45, 2.75) is 6.54 Å². The van der Waals surface area contributed by atoms with Crippen molar-refractivity contribution < 1.29 is 23.1 Å². The monoisotopic (exact) mass is 519 g/mol. The zero-order valence-corrected chi connectivity index (χ0v) is 20.1. The number of halogens is 2. The van der Waals surface area contributed by atoms with Gasteiger partial charge in [-0.05, 0) is 47.5 Å². The topological polar surface area (TPSA) is 116 Å². The molecule has 1 amide bonds. The lowest BCUT2D eigenvalue weighted by molar-refractivity contribution is 0.0696. The van der Waals surface area contributed by atoms with Crippen LogP contribution < -0.4 is 9.73 Å². The molecule has 0 spiro atoms. The fraction of sp³-hybridized carbons (Fsp3) is 0.0870. The molecule has 0 aromatic heterocycles. The van der Waals surface area contributed by atoms with Gasteiger partial charge in [0.15, 0.2) is 0 Å². The number of carboxylic acids is 1. The van der Waals surface area contributed by atoms with E-state index in [0.29, 0.717) is 16.7 Å². The second-order valence-corrected chi connectivity index (χ2v) is 9.86. The van der Waals surface area contributed by atoms with Gasteiger partial charge >= 0.3 is 5.97 Å². The van der Waals surface area contributed by atoms with Gasteiger partial charge in [0.2, 0.25) is 10.0 Å². The van der Waals surface area contributed by atoms with Crippen molar-refractivity contribution in [3.63, 3.8) is 0 Å². The minimum Gasteiger partial charge on any atom is -0.478 e. The van der Waals surface area contributed by atoms with E-state index in [1.807, 2.05) is 0 Å². The van der Waals surface area contributed by atoms with E-state index in [-0.39, 0.29) is 27.8 Å². The van der Waals surface area contributed by atoms with Crippen molar-refractivity contribution in [3.05, 3.63) is 99.0 Å². The van der Waals surface area contributed by atoms with Gasteiger partial charge in [-0.25, -0.2) is 18.6 Å². The van der Waals surface area contributed by atoms with Crippen LogP contribution >= 0.6 is 23.2 Å². The lowest BCUT2D eigenvalue weighted by atomic mass is 10.1. The van der Waals surface area contributed by atoms with E-state index in [1.165, 1.54) is 18.3 Å². The number of sulfonamides is 1. The van der Waals surface area contributed by atoms with Crippen molar-refractivity contribution in [3.8, 4) is 0 Å². The lowest BCUT2D eigenvalue weighted by Gasteiger charge is -2.24. The Morgan fingerprint density at radius 3 is 2.21 bits per heavy atom. The molecule has 34 heavy (non-hydrogen) atoms. The largest absolute Gasteiger partial charge is 0.478 e. The number of rotatable bonds is 8. The molecule has 0 atom stereocenters. The summed E-state index contributed by atoms with van der Waals surface area (Å²) in [5, 5.41) is 13.1. The number of hydrogen-bond donors (Lipinski definition) is 2. The van der Waals surface area contributed by atoms with Crippen LogP contribution in [0.25, 0.3) is 0 Å². The minimum atomic E-state index is -3.67. The third kappa shape index (κ3) is 6.34. The highest BCUT2D eigenvalue weighted by atomic mass is 35.5. The van der Waals surface area contributed by atoms with Gasteiger partial charge in [-0.2, -0.15) is 5.10 Å². The molecule has 0 aliphatic heterocycles. The highest BCUT2D eigenvalue weighted by Gasteiger charge is 2.21. The number of carboxylic acid groups (broad SMARTS) is 1. The Morgan fingerprint density at radius 1 is 1.00 bits per heavy atom. The van der Waals surface area contributed by atoms with Gasteiger partial charge < -0.3 is 5.11 Å². The van der Waals surface area contributed by atoms with E-state index in [1.54, 1.807) is 54.6 Å². The molecule has 3 rings (SSSR count). The van der Waals surface area contributed by atoms with E-state index in [9.17, 15) is 18.0 Å². The third-order valence-electron chi connectivity index (χ3n) is 4.68. The maximum Gasteiger partial charge on any atom is 0.335 e. The maximum atomic E-state index is 12.4. The summed E-state index contributed by atoms with van der Waals surface area (Å²) in [4.78, 5) is 23.2. The highest BCUT2D eigenvalue weighted by molar-refractivity contribution is 7.92. The van der Waals surface area contributed by atoms with Crippen molar-refractivity contribution in [1.82, 2.24) is 5.43 Å². The molecule has 0 aliphatic rings. The van der Waals surface area contributed by atoms with Crippen LogP contribution in [-0.4, -0.2) is 37.9 Å². The molecular weight excluding hydrogens is 501 g/mol. The zero-order valence-electron chi connectivity index (χ0n) is 17.8. The Bertz CT molecular complexity index is 1340. The van der Waals surface area contributed by atoms with Gasteiger partial charge in [-0.3, -0.25) is 9.10 Å². The SMILES string of the molecule is CS(=O)(=O)N(Cc1ccc(C(=O)N/N=C\c2ccc(C(=O)O)cc2)cc1)c1cccc(Cl)c1Cl. The molecule has 0 bridgehead atoms. The molecule has 0 radical (unpaired) electrons. The van der Waals surface area contributed by atoms with Crippen LogP contribution in [0.1, 0.15) is 31.8 Å². The molecule has 8 nitrogen and oxygen atoms in total. The zero-order chi connectivity index (χ0) is 24.9. The van der Waals surface area contributed by atoms with Gasteiger partial charge in [-0.1, -0.05) is 53.5 Å². The summed E-state index contributed by atoms with van der Waals surface area (Å²) in [5.41, 5.74) is 4.34. The summed E-state index contributed by atoms with van der Waals surface area (Å²) in [6.45, 7) is -0.00865. The summed E-state index contributed by atoms with van der Waals surface area (Å²) in [5.74, 6) is -1.50. The predicted octanol–water partition coefficient (Wildman–Crippen LogP) is 4.42. The Kier molecular flexibility index (Phi) is 7.93. The average molecular weight is 520 g/mol. The van der Waals surface area contributed by atoms with E-state index in [0.717, 1.165) is 10.6 Å². The predicted molar refractivity (Wildman–Crippen MR) is 132 cm³/mol. The summed E-state index contributed by atoms with van der Waals surface area (Å²) in [6.07, 6.45) is 2.45. The molecule has 0 saturated carbocycles. The number of nitrogens with zero attached hydrogens (tertiary/aromatic N) is 2. The van der Waals surface area contributed by atoms with Crippen molar-refractivity contribution in [2.75, 3.05) is 10.6 Å². The number of carbonyl (C=O) groups excluding carboxylic acids is 1. The van der Waals surface area contributed by atoms with Crippen LogP contribution in [0.4, 0.5) is 5.69 Å². The molecule has 0 heterocycles. The highest BCUT2D eigenvalue weighted by Crippen LogP contribution is 2.34. The quantitative estimate of drug-likeness (QED) is 0.337. The standard InChI is InChI=1S/C23H19Cl2N3O5S/c1-34(32,33)28(20-4-2-3-19(24)21(20)25)14-16-7-9-17(10-8-16)22(29)27-26-13-15-5-11-18(12-6-15)23(30)31/h2-13H,14H2,1H3,(H,27,29)(H,30,31)/b26-13-. The molecule has 11 heteroatoms. The summed E-state index contributed by atoms with van der Waals surface area (Å²) >= 11 is 12.2. The molecule has 0 fully saturated rings. The first-order valence-corrected chi connectivity index (χ1v) is 12.3. The first kappa shape index (κ1) is 25.2. The molecular formula is C23H19Cl2N3O5S. The number of hydrogen-bond acceptors (Lipinski definition) is 5. The van der Waals surface area contributed by atoms with E-state index in [2.05, 4.69) is 10.5 Å². The van der Waals surface area contributed by atoms with Crippen molar-refractivity contribution >= 4 is 57.0 Å². The van der Waals surface area contributed by atoms with Crippen LogP contribution in [0.5, 0.6) is 0 Å². The van der Waals surface area contributed by atoms with E-state index in [4.69, 9.17) is 28.3 Å². The van der Waals surface area contributed by atoms with E-state index >= 15 is 0 Å². The van der Waals surface area contributed by atoms with Crippen molar-refractivity contribution in [1.29, 1.82) is 0 Å². The summed E-state index contributed by atoms with van der Waals surface area (Å²) in [7, 11) is -3.67. The van der Waals surface area contributed by atoms with Crippen molar-refractivity contribution in [2.24, 2.45) is 5.10 Å². The van der Waals surface area contributed by atoms with Crippen LogP contribution in [-0.2, 0) is 16.6 Å². The number of nitrogens with one attached hydrogen (secondary N) is 1. The lowest BCUT2D eigenvalue weighted by Crippen LogP contribution is -2.29. The number of aromatic carboxylic acids is 1. The number of anilines is 1. The fourth-order valence-electron chi connectivity index (χ4n) is 2.94. The molecule has 0 unspecified atom stereocenters. The first-order valence-electron chi connectivity index (χ1n) is 9.73. The molecule has 3 aromatic rings. The van der Waals surface area contributed by atoms with Crippen LogP contribution in [0.15, 0.2) is 71.8 Å². The summed E-state index contributed by atoms with van der Waals surface area (Å²) < 4.78 is 25.9. The second kappa shape index (κ2) is 10.7. The Balaban J connectivity index is 1.69. The molecule has 0 aliphatic carbocycles. The normalized spacial score (nSPS) is 11.4. The Morgan fingerprint density at radius 2 is 1.62 bits per heavy atom. The van der Waals surface area contributed by atoms with Crippen LogP contribution in [0.3, 0.4) is 0 Å². The average Bonchev–Trinajstić information content (AvgIpc) is 2.79. The van der Waals surface area contributed by atoms with Crippen LogP contribution in [0.2, 0.25) is 10.0 Å². The Hall–Kier alpha value is -3.40. The number of carbonyl (C=O) groups is 2. The number of benzene rings is 3. The molecule has 3 aromatic carbocycles. The molecule has 176 valence electrons. The molecule has 0 saturated heterocycles. The molecule has 2 N–H and O–H groups in total. The third-order valence-corrected chi connectivity index (χ3v) is 6.62. The van der Waals surface area contributed by atoms with Gasteiger partial charge in [0.25, 0.3) is 5.91 Å². The van der Waals surface area contributed by atoms with Gasteiger partial charge in [0, 0.05) is 5.56 Å². The van der Waals surface area contributed by atoms with E-state index < -0.39 is 21.9 Å². The second-order valence-electron chi connectivity index (χ2n) is 7.17. The first-order chi connectivity index (χ1) is 16.1. The van der Waals surface area contributed by atoms with Gasteiger partial charge in [0.1, 0.15) is 0 Å². The van der Waals surface area contributed by atoms with Gasteiger partial charge in [0.05, 0.1) is 40.3 Å². The number of amides is 1. The fourth-order valence-corrected chi connectivity index (χ4v) is 4.28. The smallest absolute Gasteiger partial charge is 0.335 e. The van der Waals surface area contributed by atoms with Crippen LogP contribution in [0, 0.1) is 0 Å². The Labute approximate surface area is 206 Å². The number of hydrazone groups is 1. The van der Waals surface area contributed by atoms with Gasteiger partial charge in [-0.15, -0.1) is 0 Å². The maximum absolute atomic E-state index is 12.4. The summed E-state index contributed by atoms with van der Waals surface area (Å²) in [6, 6.07) is 17.1.